The van der Waals surface area contributed by atoms with Gasteiger partial charge in [-0.2, -0.15) is 0 Å². The van der Waals surface area contributed by atoms with Gasteiger partial charge in [0, 0.05) is 18.1 Å². The number of nitrogens with zero attached hydrogens (tertiary/aromatic N) is 1. The number of hydrogen-bond donors (Lipinski definition) is 0. The van der Waals surface area contributed by atoms with E-state index < -0.39 is 0 Å². The highest BCUT2D eigenvalue weighted by Gasteiger charge is 2.05. The molecule has 1 nitrogen and oxygen atoms in total. The zero-order valence-corrected chi connectivity index (χ0v) is 9.88. The van der Waals surface area contributed by atoms with Gasteiger partial charge < -0.3 is 4.57 Å². The van der Waals surface area contributed by atoms with Gasteiger partial charge in [0.15, 0.2) is 0 Å². The fraction of sp³-hybridized carbons (Fsp3) is 0.429. The van der Waals surface area contributed by atoms with E-state index in [1.807, 2.05) is 0 Å². The van der Waals surface area contributed by atoms with E-state index in [0.29, 0.717) is 0 Å². The Morgan fingerprint density at radius 2 is 1.80 bits per heavy atom. The highest BCUT2D eigenvalue weighted by Crippen LogP contribution is 2.23. The molecule has 0 N–H and O–H groups in total. The zero-order valence-electron chi connectivity index (χ0n) is 9.88. The smallest absolute Gasteiger partial charge is 0.0512 e. The lowest BCUT2D eigenvalue weighted by molar-refractivity contribution is 0.649. The molecule has 0 amide bonds. The molecule has 2 aromatic rings. The number of aromatic nitrogens is 1. The first-order valence-electron chi connectivity index (χ1n) is 5.79. The summed E-state index contributed by atoms with van der Waals surface area (Å²) < 4.78 is 2.39. The van der Waals surface area contributed by atoms with Crippen molar-refractivity contribution in [2.24, 2.45) is 0 Å². The molecule has 0 atom stereocenters. The van der Waals surface area contributed by atoms with E-state index in [1.165, 1.54) is 34.9 Å². The summed E-state index contributed by atoms with van der Waals surface area (Å²) >= 11 is 0. The minimum Gasteiger partial charge on any atom is -0.347 e. The highest BCUT2D eigenvalue weighted by atomic mass is 14.9. The first-order chi connectivity index (χ1) is 7.24. The summed E-state index contributed by atoms with van der Waals surface area (Å²) in [6, 6.07) is 6.68. The topological polar surface area (TPSA) is 4.93 Å². The van der Waals surface area contributed by atoms with Crippen molar-refractivity contribution in [1.29, 1.82) is 0 Å². The molecule has 0 saturated heterocycles. The van der Waals surface area contributed by atoms with E-state index in [9.17, 15) is 0 Å². The Morgan fingerprint density at radius 1 is 1.07 bits per heavy atom. The SMILES string of the molecule is CCCCn1ccc2c(C)ccc(C)c21. The molecule has 0 bridgehead atoms. The number of rotatable bonds is 3. The van der Waals surface area contributed by atoms with Crippen LogP contribution in [0.2, 0.25) is 0 Å². The zero-order chi connectivity index (χ0) is 10.8. The molecule has 0 fully saturated rings. The van der Waals surface area contributed by atoms with Gasteiger partial charge in [-0.25, -0.2) is 0 Å². The summed E-state index contributed by atoms with van der Waals surface area (Å²) in [5.41, 5.74) is 4.19. The van der Waals surface area contributed by atoms with Gasteiger partial charge in [-0.1, -0.05) is 25.5 Å². The average Bonchev–Trinajstić information content (AvgIpc) is 2.65. The second-order valence-corrected chi connectivity index (χ2v) is 4.32. The Morgan fingerprint density at radius 3 is 2.53 bits per heavy atom. The van der Waals surface area contributed by atoms with E-state index in [0.717, 1.165) is 6.54 Å². The van der Waals surface area contributed by atoms with Gasteiger partial charge >= 0.3 is 0 Å². The van der Waals surface area contributed by atoms with E-state index >= 15 is 0 Å². The van der Waals surface area contributed by atoms with Crippen LogP contribution in [0, 0.1) is 13.8 Å². The second-order valence-electron chi connectivity index (χ2n) is 4.32. The summed E-state index contributed by atoms with van der Waals surface area (Å²) in [4.78, 5) is 0. The molecule has 15 heavy (non-hydrogen) atoms. The summed E-state index contributed by atoms with van der Waals surface area (Å²) in [6.45, 7) is 7.77. The highest BCUT2D eigenvalue weighted by molar-refractivity contribution is 5.86. The average molecular weight is 201 g/mol. The van der Waals surface area contributed by atoms with Gasteiger partial charge in [0.2, 0.25) is 0 Å². The maximum Gasteiger partial charge on any atom is 0.0512 e. The van der Waals surface area contributed by atoms with Gasteiger partial charge in [0.25, 0.3) is 0 Å². The number of unbranched alkanes of at least 4 members (excludes halogenated alkanes) is 1. The second kappa shape index (κ2) is 4.09. The van der Waals surface area contributed by atoms with Crippen molar-refractivity contribution in [3.63, 3.8) is 0 Å². The minimum absolute atomic E-state index is 1.14. The third kappa shape index (κ3) is 1.79. The Balaban J connectivity index is 2.53. The van der Waals surface area contributed by atoms with Crippen molar-refractivity contribution in [2.75, 3.05) is 0 Å². The summed E-state index contributed by atoms with van der Waals surface area (Å²) in [7, 11) is 0. The number of fused-ring (bicyclic) bond motifs is 1. The Kier molecular flexibility index (Phi) is 2.81. The van der Waals surface area contributed by atoms with Crippen LogP contribution in [0.5, 0.6) is 0 Å². The predicted molar refractivity (Wildman–Crippen MR) is 66.3 cm³/mol. The van der Waals surface area contributed by atoms with Gasteiger partial charge in [-0.05, 0) is 37.5 Å². The van der Waals surface area contributed by atoms with Crippen LogP contribution >= 0.6 is 0 Å². The van der Waals surface area contributed by atoms with E-state index in [2.05, 4.69) is 49.7 Å². The molecule has 1 heterocycles. The summed E-state index contributed by atoms with van der Waals surface area (Å²) in [6.07, 6.45) is 4.74. The van der Waals surface area contributed by atoms with Crippen LogP contribution in [0.3, 0.4) is 0 Å². The molecular formula is C14H19N. The maximum absolute atomic E-state index is 2.39. The molecule has 0 unspecified atom stereocenters. The number of aryl methyl sites for hydroxylation is 3. The van der Waals surface area contributed by atoms with Crippen LogP contribution in [0.1, 0.15) is 30.9 Å². The minimum atomic E-state index is 1.14. The lowest BCUT2D eigenvalue weighted by Crippen LogP contribution is -1.96. The van der Waals surface area contributed by atoms with Gasteiger partial charge in [-0.15, -0.1) is 0 Å². The lowest BCUT2D eigenvalue weighted by atomic mass is 10.1. The molecule has 0 aliphatic rings. The van der Waals surface area contributed by atoms with Crippen molar-refractivity contribution in [3.05, 3.63) is 35.5 Å². The van der Waals surface area contributed by atoms with E-state index in [1.54, 1.807) is 0 Å². The predicted octanol–water partition coefficient (Wildman–Crippen LogP) is 4.06. The molecule has 80 valence electrons. The van der Waals surface area contributed by atoms with Crippen molar-refractivity contribution >= 4 is 10.9 Å². The van der Waals surface area contributed by atoms with E-state index in [4.69, 9.17) is 0 Å². The van der Waals surface area contributed by atoms with Crippen LogP contribution in [0.25, 0.3) is 10.9 Å². The molecule has 0 saturated carbocycles. The van der Waals surface area contributed by atoms with Crippen LogP contribution in [-0.2, 0) is 6.54 Å². The third-order valence-corrected chi connectivity index (χ3v) is 3.10. The monoisotopic (exact) mass is 201 g/mol. The fourth-order valence-electron chi connectivity index (χ4n) is 2.16. The quantitative estimate of drug-likeness (QED) is 0.705. The van der Waals surface area contributed by atoms with Crippen molar-refractivity contribution in [3.8, 4) is 0 Å². The van der Waals surface area contributed by atoms with Crippen molar-refractivity contribution in [1.82, 2.24) is 4.57 Å². The Labute approximate surface area is 91.7 Å². The van der Waals surface area contributed by atoms with Crippen LogP contribution in [-0.4, -0.2) is 4.57 Å². The molecule has 1 aromatic heterocycles. The molecule has 1 aromatic carbocycles. The van der Waals surface area contributed by atoms with Gasteiger partial charge in [0.05, 0.1) is 5.52 Å². The molecule has 0 aliphatic heterocycles. The molecule has 0 aliphatic carbocycles. The third-order valence-electron chi connectivity index (χ3n) is 3.10. The first-order valence-corrected chi connectivity index (χ1v) is 5.79. The van der Waals surface area contributed by atoms with Crippen molar-refractivity contribution in [2.45, 2.75) is 40.2 Å². The van der Waals surface area contributed by atoms with Crippen molar-refractivity contribution < 1.29 is 0 Å². The standard InChI is InChI=1S/C14H19N/c1-4-5-9-15-10-8-13-11(2)6-7-12(3)14(13)15/h6-8,10H,4-5,9H2,1-3H3. The summed E-state index contributed by atoms with van der Waals surface area (Å²) in [5.74, 6) is 0. The Hall–Kier alpha value is -1.24. The van der Waals surface area contributed by atoms with Crippen LogP contribution < -0.4 is 0 Å². The molecular weight excluding hydrogens is 182 g/mol. The largest absolute Gasteiger partial charge is 0.347 e. The maximum atomic E-state index is 2.39. The molecule has 1 heteroatoms. The lowest BCUT2D eigenvalue weighted by Gasteiger charge is -2.07. The normalized spacial score (nSPS) is 11.1. The van der Waals surface area contributed by atoms with Gasteiger partial charge in [-0.3, -0.25) is 0 Å². The van der Waals surface area contributed by atoms with Crippen LogP contribution in [0.15, 0.2) is 24.4 Å². The Bertz CT molecular complexity index is 465. The summed E-state index contributed by atoms with van der Waals surface area (Å²) in [5, 5.41) is 1.41. The first kappa shape index (κ1) is 10.3. The number of hydrogen-bond acceptors (Lipinski definition) is 0. The van der Waals surface area contributed by atoms with Gasteiger partial charge in [0.1, 0.15) is 0 Å². The van der Waals surface area contributed by atoms with Crippen LogP contribution in [0.4, 0.5) is 0 Å². The fourth-order valence-corrected chi connectivity index (χ4v) is 2.16. The number of benzene rings is 1. The van der Waals surface area contributed by atoms with E-state index in [-0.39, 0.29) is 0 Å². The molecule has 0 spiro atoms. The molecule has 2 rings (SSSR count). The molecule has 0 radical (unpaired) electrons.